The van der Waals surface area contributed by atoms with Crippen molar-refractivity contribution in [3.63, 3.8) is 0 Å². The Kier molecular flexibility index (Phi) is 7.64. The lowest BCUT2D eigenvalue weighted by molar-refractivity contribution is 0.669. The Labute approximate surface area is 390 Å². The van der Waals surface area contributed by atoms with E-state index in [2.05, 4.69) is 234 Å². The van der Waals surface area contributed by atoms with Crippen molar-refractivity contribution in [2.75, 3.05) is 4.90 Å². The van der Waals surface area contributed by atoms with Gasteiger partial charge in [0.1, 0.15) is 11.2 Å². The van der Waals surface area contributed by atoms with E-state index in [1.165, 1.54) is 92.2 Å². The van der Waals surface area contributed by atoms with E-state index < -0.39 is 5.41 Å². The van der Waals surface area contributed by atoms with Gasteiger partial charge in [-0.1, -0.05) is 169 Å². The van der Waals surface area contributed by atoms with Crippen molar-refractivity contribution in [2.45, 2.75) is 15.2 Å². The molecule has 312 valence electrons. The van der Waals surface area contributed by atoms with Gasteiger partial charge in [-0.05, 0) is 116 Å². The molecule has 15 rings (SSSR count). The van der Waals surface area contributed by atoms with Gasteiger partial charge in [0.05, 0.1) is 22.1 Å². The second-order valence-electron chi connectivity index (χ2n) is 17.9. The van der Waals surface area contributed by atoms with Gasteiger partial charge in [-0.3, -0.25) is 0 Å². The molecule has 1 spiro atoms. The number of benzene rings is 11. The van der Waals surface area contributed by atoms with Crippen LogP contribution in [0.2, 0.25) is 0 Å². The van der Waals surface area contributed by atoms with Crippen molar-refractivity contribution >= 4 is 94.1 Å². The number of fused-ring (bicyclic) bond motifs is 15. The Hall–Kier alpha value is -8.31. The third kappa shape index (κ3) is 5.08. The fourth-order valence-corrected chi connectivity index (χ4v) is 13.1. The normalized spacial score (nSPS) is 14.9. The Morgan fingerprint density at radius 1 is 0.373 bits per heavy atom. The van der Waals surface area contributed by atoms with Gasteiger partial charge >= 0.3 is 0 Å². The van der Waals surface area contributed by atoms with Crippen molar-refractivity contribution in [3.8, 4) is 16.8 Å². The fraction of sp³-hybridized carbons (Fsp3) is 0.0159. The molecule has 0 fully saturated rings. The average molecular weight is 871 g/mol. The number of rotatable bonds is 4. The molecule has 4 heteroatoms. The van der Waals surface area contributed by atoms with Gasteiger partial charge in [-0.15, -0.1) is 0 Å². The first-order valence-corrected chi connectivity index (χ1v) is 23.8. The van der Waals surface area contributed by atoms with Crippen LogP contribution >= 0.6 is 11.8 Å². The summed E-state index contributed by atoms with van der Waals surface area (Å²) < 4.78 is 9.03. The molecule has 0 saturated carbocycles. The maximum absolute atomic E-state index is 6.59. The number of hydrogen-bond acceptors (Lipinski definition) is 3. The fourth-order valence-electron chi connectivity index (χ4n) is 11.9. The van der Waals surface area contributed by atoms with Gasteiger partial charge in [0.2, 0.25) is 0 Å². The summed E-state index contributed by atoms with van der Waals surface area (Å²) >= 11 is 1.88. The van der Waals surface area contributed by atoms with Gasteiger partial charge in [0.25, 0.3) is 0 Å². The van der Waals surface area contributed by atoms with E-state index in [1.807, 2.05) is 17.8 Å². The van der Waals surface area contributed by atoms with Gasteiger partial charge < -0.3 is 13.9 Å². The lowest BCUT2D eigenvalue weighted by Crippen LogP contribution is -2.36. The summed E-state index contributed by atoms with van der Waals surface area (Å²) in [5.74, 6) is 0. The first kappa shape index (κ1) is 37.0. The molecule has 2 aliphatic rings. The minimum atomic E-state index is -0.527. The maximum atomic E-state index is 6.59. The number of anilines is 3. The first-order chi connectivity index (χ1) is 33.2. The van der Waals surface area contributed by atoms with E-state index in [4.69, 9.17) is 4.42 Å². The highest BCUT2D eigenvalue weighted by atomic mass is 32.2. The number of para-hydroxylation sites is 2. The number of furan rings is 1. The second-order valence-corrected chi connectivity index (χ2v) is 19.0. The van der Waals surface area contributed by atoms with Crippen LogP contribution in [0.5, 0.6) is 0 Å². The summed E-state index contributed by atoms with van der Waals surface area (Å²) in [6.45, 7) is 0. The van der Waals surface area contributed by atoms with Gasteiger partial charge in [-0.25, -0.2) is 0 Å². The molecular formula is C63H38N2OS. The van der Waals surface area contributed by atoms with Gasteiger partial charge in [0.15, 0.2) is 0 Å². The molecule has 1 aliphatic heterocycles. The average Bonchev–Trinajstić information content (AvgIpc) is 3.92. The molecule has 0 saturated heterocycles. The summed E-state index contributed by atoms with van der Waals surface area (Å²) in [4.78, 5) is 4.94. The van der Waals surface area contributed by atoms with Crippen LogP contribution in [0, 0.1) is 0 Å². The third-order valence-corrected chi connectivity index (χ3v) is 15.7. The third-order valence-electron chi connectivity index (χ3n) is 14.6. The molecule has 3 nitrogen and oxygen atoms in total. The van der Waals surface area contributed by atoms with Crippen LogP contribution in [0.15, 0.2) is 245 Å². The van der Waals surface area contributed by atoms with Crippen molar-refractivity contribution in [2.24, 2.45) is 0 Å². The summed E-state index contributed by atoms with van der Waals surface area (Å²) in [6, 6.07) is 85.2. The van der Waals surface area contributed by atoms with Crippen LogP contribution in [-0.2, 0) is 5.41 Å². The van der Waals surface area contributed by atoms with Crippen molar-refractivity contribution in [3.05, 3.63) is 253 Å². The zero-order valence-electron chi connectivity index (χ0n) is 36.2. The minimum Gasteiger partial charge on any atom is -0.456 e. The number of hydrogen-bond donors (Lipinski definition) is 0. The molecule has 11 aromatic carbocycles. The van der Waals surface area contributed by atoms with Gasteiger partial charge in [0, 0.05) is 59.9 Å². The van der Waals surface area contributed by atoms with Crippen LogP contribution in [-0.4, -0.2) is 4.57 Å². The lowest BCUT2D eigenvalue weighted by atomic mass is 9.59. The van der Waals surface area contributed by atoms with Crippen LogP contribution in [0.3, 0.4) is 0 Å². The van der Waals surface area contributed by atoms with Crippen LogP contribution in [0.1, 0.15) is 22.3 Å². The van der Waals surface area contributed by atoms with E-state index in [0.29, 0.717) is 0 Å². The Balaban J connectivity index is 0.990. The number of aromatic nitrogens is 1. The molecule has 2 aromatic heterocycles. The molecule has 13 aromatic rings. The smallest absolute Gasteiger partial charge is 0.137 e. The van der Waals surface area contributed by atoms with Crippen LogP contribution in [0.4, 0.5) is 17.1 Å². The molecular weight excluding hydrogens is 833 g/mol. The Morgan fingerprint density at radius 3 is 1.93 bits per heavy atom. The largest absolute Gasteiger partial charge is 0.456 e. The Morgan fingerprint density at radius 2 is 0.985 bits per heavy atom. The SMILES string of the molecule is c1ccc2c(c1)Sc1cc(N(c3ccc4c(c3)oc3ccccc34)c3ccc4c(c3)c3ccccc3n4-c3cccc4ccccc34)ccc1C21c2ccccc2-c2cccc3cccc1c23. The first-order valence-electron chi connectivity index (χ1n) is 23.0. The monoisotopic (exact) mass is 870 g/mol. The highest BCUT2D eigenvalue weighted by Crippen LogP contribution is 2.62. The summed E-state index contributed by atoms with van der Waals surface area (Å²) in [5.41, 5.74) is 15.8. The molecule has 0 amide bonds. The number of nitrogens with zero attached hydrogens (tertiary/aromatic N) is 2. The summed E-state index contributed by atoms with van der Waals surface area (Å²) in [7, 11) is 0. The lowest BCUT2D eigenvalue weighted by Gasteiger charge is -2.46. The standard InChI is InChI=1S/C63H38N2OS/c1-2-18-44-39(14-1)15-13-27-55(44)65-56-26-8-4-20-46(56)50-36-41(32-35-57(50)65)64(42-30-33-48-47-21-5-9-28-58(47)66-59(48)37-42)43-31-34-53-61(38-43)67-60-29-10-7-24-52(60)63(53)51-23-6-3-19-45(51)49-22-11-16-40-17-12-25-54(63)62(40)49/h1-38H. The summed E-state index contributed by atoms with van der Waals surface area (Å²) in [6.07, 6.45) is 0. The topological polar surface area (TPSA) is 21.3 Å². The van der Waals surface area contributed by atoms with Crippen LogP contribution < -0.4 is 4.90 Å². The quantitative estimate of drug-likeness (QED) is 0.176. The van der Waals surface area contributed by atoms with Gasteiger partial charge in [-0.2, -0.15) is 0 Å². The summed E-state index contributed by atoms with van der Waals surface area (Å²) in [5, 5.41) is 9.69. The van der Waals surface area contributed by atoms with Crippen molar-refractivity contribution < 1.29 is 4.42 Å². The predicted molar refractivity (Wildman–Crippen MR) is 279 cm³/mol. The molecule has 0 radical (unpaired) electrons. The van der Waals surface area contributed by atoms with Crippen LogP contribution in [0.25, 0.3) is 82.1 Å². The molecule has 1 aliphatic carbocycles. The van der Waals surface area contributed by atoms with E-state index in [9.17, 15) is 0 Å². The zero-order chi connectivity index (χ0) is 43.8. The van der Waals surface area contributed by atoms with E-state index in [1.54, 1.807) is 0 Å². The maximum Gasteiger partial charge on any atom is 0.137 e. The Bertz CT molecular complexity index is 4220. The highest BCUT2D eigenvalue weighted by Gasteiger charge is 2.48. The van der Waals surface area contributed by atoms with E-state index >= 15 is 0 Å². The highest BCUT2D eigenvalue weighted by molar-refractivity contribution is 7.99. The molecule has 0 N–H and O–H groups in total. The molecule has 1 unspecified atom stereocenters. The van der Waals surface area contributed by atoms with Crippen molar-refractivity contribution in [1.29, 1.82) is 0 Å². The van der Waals surface area contributed by atoms with Crippen molar-refractivity contribution in [1.82, 2.24) is 4.57 Å². The van der Waals surface area contributed by atoms with E-state index in [-0.39, 0.29) is 0 Å². The minimum absolute atomic E-state index is 0.527. The molecule has 3 heterocycles. The van der Waals surface area contributed by atoms with E-state index in [0.717, 1.165) is 39.0 Å². The predicted octanol–water partition coefficient (Wildman–Crippen LogP) is 17.3. The molecule has 0 bridgehead atoms. The molecule has 1 atom stereocenters. The molecule has 67 heavy (non-hydrogen) atoms. The second kappa shape index (κ2) is 13.9. The zero-order valence-corrected chi connectivity index (χ0v) is 37.0.